The Morgan fingerprint density at radius 1 is 1.30 bits per heavy atom. The second-order valence-electron chi connectivity index (χ2n) is 7.06. The second kappa shape index (κ2) is 5.26. The molecular formula is C15H26N2O3. The smallest absolute Gasteiger partial charge is 0.315 e. The first-order valence-corrected chi connectivity index (χ1v) is 7.53. The molecule has 0 aromatic heterocycles. The standard InChI is InChI=1S/C15H26N2O3/c1-14(2)10-6-7-15(14,3)11(9-10)17-13(20)16-8-4-5-12(18)19/h10-11H,4-9H2,1-3H3,(H,18,19)(H2,16,17,20). The first-order valence-electron chi connectivity index (χ1n) is 7.53. The Morgan fingerprint density at radius 2 is 2.00 bits per heavy atom. The zero-order chi connectivity index (χ0) is 15.0. The monoisotopic (exact) mass is 282 g/mol. The molecule has 2 aliphatic carbocycles. The zero-order valence-electron chi connectivity index (χ0n) is 12.7. The van der Waals surface area contributed by atoms with Gasteiger partial charge in [0.1, 0.15) is 0 Å². The number of aliphatic carboxylic acids is 1. The summed E-state index contributed by atoms with van der Waals surface area (Å²) in [5.41, 5.74) is 0.463. The second-order valence-corrected chi connectivity index (χ2v) is 7.06. The van der Waals surface area contributed by atoms with Crippen LogP contribution >= 0.6 is 0 Å². The lowest BCUT2D eigenvalue weighted by Crippen LogP contribution is -2.50. The summed E-state index contributed by atoms with van der Waals surface area (Å²) in [5.74, 6) is -0.126. The summed E-state index contributed by atoms with van der Waals surface area (Å²) in [6, 6.07) is 0.0701. The van der Waals surface area contributed by atoms with E-state index in [1.54, 1.807) is 0 Å². The topological polar surface area (TPSA) is 78.4 Å². The van der Waals surface area contributed by atoms with Crippen LogP contribution in [-0.4, -0.2) is 29.7 Å². The van der Waals surface area contributed by atoms with Crippen molar-refractivity contribution in [2.45, 2.75) is 58.9 Å². The molecule has 5 nitrogen and oxygen atoms in total. The van der Waals surface area contributed by atoms with Gasteiger partial charge in [0.05, 0.1) is 0 Å². The minimum Gasteiger partial charge on any atom is -0.481 e. The molecule has 3 N–H and O–H groups in total. The lowest BCUT2D eigenvalue weighted by atomic mass is 9.69. The number of amides is 2. The fourth-order valence-electron chi connectivity index (χ4n) is 4.07. The summed E-state index contributed by atoms with van der Waals surface area (Å²) < 4.78 is 0. The molecule has 114 valence electrons. The molecule has 0 radical (unpaired) electrons. The van der Waals surface area contributed by atoms with Crippen LogP contribution in [0.3, 0.4) is 0 Å². The van der Waals surface area contributed by atoms with Crippen LogP contribution in [0.4, 0.5) is 4.79 Å². The van der Waals surface area contributed by atoms with Gasteiger partial charge >= 0.3 is 12.0 Å². The number of hydrogen-bond acceptors (Lipinski definition) is 2. The molecule has 2 fully saturated rings. The Bertz CT molecular complexity index is 408. The van der Waals surface area contributed by atoms with Crippen molar-refractivity contribution in [1.82, 2.24) is 10.6 Å². The Kier molecular flexibility index (Phi) is 3.98. The molecule has 5 heteroatoms. The van der Waals surface area contributed by atoms with Crippen molar-refractivity contribution < 1.29 is 14.7 Å². The summed E-state index contributed by atoms with van der Waals surface area (Å²) in [7, 11) is 0. The van der Waals surface area contributed by atoms with E-state index < -0.39 is 5.97 Å². The van der Waals surface area contributed by atoms with Gasteiger partial charge in [-0.1, -0.05) is 20.8 Å². The van der Waals surface area contributed by atoms with Crippen LogP contribution in [-0.2, 0) is 4.79 Å². The fourth-order valence-corrected chi connectivity index (χ4v) is 4.07. The molecule has 0 saturated heterocycles. The van der Waals surface area contributed by atoms with Crippen molar-refractivity contribution in [3.05, 3.63) is 0 Å². The van der Waals surface area contributed by atoms with Gasteiger partial charge in [-0.15, -0.1) is 0 Å². The molecule has 0 aliphatic heterocycles. The van der Waals surface area contributed by atoms with Gasteiger partial charge in [0.2, 0.25) is 0 Å². The molecule has 0 aromatic carbocycles. The highest BCUT2D eigenvalue weighted by Gasteiger charge is 2.61. The molecule has 0 spiro atoms. The highest BCUT2D eigenvalue weighted by atomic mass is 16.4. The minimum atomic E-state index is -0.824. The summed E-state index contributed by atoms with van der Waals surface area (Å²) in [5, 5.41) is 14.4. The van der Waals surface area contributed by atoms with E-state index >= 15 is 0 Å². The van der Waals surface area contributed by atoms with Crippen molar-refractivity contribution in [2.24, 2.45) is 16.7 Å². The molecule has 0 heterocycles. The number of carboxylic acid groups (broad SMARTS) is 1. The maximum absolute atomic E-state index is 11.9. The molecular weight excluding hydrogens is 256 g/mol. The lowest BCUT2D eigenvalue weighted by Gasteiger charge is -2.39. The van der Waals surface area contributed by atoms with Crippen LogP contribution < -0.4 is 10.6 Å². The largest absolute Gasteiger partial charge is 0.481 e. The van der Waals surface area contributed by atoms with Crippen molar-refractivity contribution in [3.8, 4) is 0 Å². The zero-order valence-corrected chi connectivity index (χ0v) is 12.7. The van der Waals surface area contributed by atoms with Crippen molar-refractivity contribution in [1.29, 1.82) is 0 Å². The van der Waals surface area contributed by atoms with E-state index in [0.717, 1.165) is 6.42 Å². The van der Waals surface area contributed by atoms with Crippen molar-refractivity contribution >= 4 is 12.0 Å². The molecule has 20 heavy (non-hydrogen) atoms. The molecule has 2 bridgehead atoms. The van der Waals surface area contributed by atoms with Crippen LogP contribution in [0.5, 0.6) is 0 Å². The van der Waals surface area contributed by atoms with Gasteiger partial charge in [-0.05, 0) is 42.4 Å². The predicted molar refractivity (Wildman–Crippen MR) is 76.4 cm³/mol. The average molecular weight is 282 g/mol. The van der Waals surface area contributed by atoms with Crippen molar-refractivity contribution in [2.75, 3.05) is 6.54 Å². The Labute approximate surface area is 120 Å². The summed E-state index contributed by atoms with van der Waals surface area (Å²) in [4.78, 5) is 22.3. The quantitative estimate of drug-likeness (QED) is 0.677. The molecule has 2 aliphatic rings. The normalized spacial score (nSPS) is 34.0. The number of carbonyl (C=O) groups is 2. The summed E-state index contributed by atoms with van der Waals surface area (Å²) in [6.45, 7) is 7.33. The van der Waals surface area contributed by atoms with Crippen LogP contribution in [0.1, 0.15) is 52.9 Å². The Morgan fingerprint density at radius 3 is 2.50 bits per heavy atom. The number of carboxylic acids is 1. The van der Waals surface area contributed by atoms with E-state index in [1.165, 1.54) is 12.8 Å². The molecule has 0 aromatic rings. The predicted octanol–water partition coefficient (Wildman–Crippen LogP) is 2.37. The number of nitrogens with one attached hydrogen (secondary N) is 2. The van der Waals surface area contributed by atoms with Gasteiger partial charge < -0.3 is 15.7 Å². The van der Waals surface area contributed by atoms with Gasteiger partial charge in [-0.2, -0.15) is 0 Å². The minimum absolute atomic E-state index is 0.0938. The highest BCUT2D eigenvalue weighted by Crippen LogP contribution is 2.65. The van der Waals surface area contributed by atoms with E-state index in [0.29, 0.717) is 18.9 Å². The van der Waals surface area contributed by atoms with Gasteiger partial charge in [-0.25, -0.2) is 4.79 Å². The van der Waals surface area contributed by atoms with Crippen LogP contribution in [0.15, 0.2) is 0 Å². The first kappa shape index (κ1) is 15.1. The third-order valence-corrected chi connectivity index (χ3v) is 5.95. The van der Waals surface area contributed by atoms with E-state index in [-0.39, 0.29) is 29.3 Å². The van der Waals surface area contributed by atoms with E-state index in [9.17, 15) is 9.59 Å². The van der Waals surface area contributed by atoms with E-state index in [1.807, 2.05) is 0 Å². The first-order chi connectivity index (χ1) is 9.27. The molecule has 3 unspecified atom stereocenters. The number of rotatable bonds is 5. The number of hydrogen-bond donors (Lipinski definition) is 3. The summed E-state index contributed by atoms with van der Waals surface area (Å²) >= 11 is 0. The maximum Gasteiger partial charge on any atom is 0.315 e. The average Bonchev–Trinajstić information content (AvgIpc) is 2.67. The molecule has 2 saturated carbocycles. The van der Waals surface area contributed by atoms with Gasteiger partial charge in [0.15, 0.2) is 0 Å². The van der Waals surface area contributed by atoms with Crippen LogP contribution in [0.25, 0.3) is 0 Å². The van der Waals surface area contributed by atoms with E-state index in [4.69, 9.17) is 5.11 Å². The number of carbonyl (C=O) groups excluding carboxylic acids is 1. The number of urea groups is 1. The van der Waals surface area contributed by atoms with Gasteiger partial charge in [0, 0.05) is 19.0 Å². The Hall–Kier alpha value is -1.26. The Balaban J connectivity index is 1.80. The molecule has 2 amide bonds. The van der Waals surface area contributed by atoms with Gasteiger partial charge in [-0.3, -0.25) is 4.79 Å². The van der Waals surface area contributed by atoms with Gasteiger partial charge in [0.25, 0.3) is 0 Å². The highest BCUT2D eigenvalue weighted by molar-refractivity contribution is 5.74. The van der Waals surface area contributed by atoms with E-state index in [2.05, 4.69) is 31.4 Å². The molecule has 3 atom stereocenters. The van der Waals surface area contributed by atoms with Crippen LogP contribution in [0, 0.1) is 16.7 Å². The third-order valence-electron chi connectivity index (χ3n) is 5.95. The molecule has 2 rings (SSSR count). The van der Waals surface area contributed by atoms with Crippen molar-refractivity contribution in [3.63, 3.8) is 0 Å². The third kappa shape index (κ3) is 2.50. The lowest BCUT2D eigenvalue weighted by molar-refractivity contribution is -0.137. The fraction of sp³-hybridized carbons (Fsp3) is 0.867. The number of fused-ring (bicyclic) bond motifs is 2. The summed E-state index contributed by atoms with van der Waals surface area (Å²) in [6.07, 6.45) is 4.07. The van der Waals surface area contributed by atoms with Crippen LogP contribution in [0.2, 0.25) is 0 Å². The SMILES string of the molecule is CC1(C)C2CCC1(C)C(NC(=O)NCCCC(=O)O)C2. The maximum atomic E-state index is 11.9.